The van der Waals surface area contributed by atoms with E-state index in [4.69, 9.17) is 4.98 Å². The molecule has 2 aliphatic rings. The van der Waals surface area contributed by atoms with E-state index in [1.807, 2.05) is 54.7 Å². The molecule has 0 N–H and O–H groups in total. The van der Waals surface area contributed by atoms with E-state index in [2.05, 4.69) is 110 Å². The predicted molar refractivity (Wildman–Crippen MR) is 188 cm³/mol. The first-order valence-corrected chi connectivity index (χ1v) is 21.0. The number of hydrogen-bond acceptors (Lipinski definition) is 2. The van der Waals surface area contributed by atoms with Gasteiger partial charge in [0.25, 0.3) is 0 Å². The van der Waals surface area contributed by atoms with Crippen LogP contribution in [-0.2, 0) is 20.1 Å². The Morgan fingerprint density at radius 2 is 1.11 bits per heavy atom. The van der Waals surface area contributed by atoms with Gasteiger partial charge in [-0.1, -0.05) is 120 Å². The number of nitrogens with zero attached hydrogens (tertiary/aromatic N) is 2. The second-order valence-electron chi connectivity index (χ2n) is 12.4. The van der Waals surface area contributed by atoms with Gasteiger partial charge in [0.2, 0.25) is 0 Å². The summed E-state index contributed by atoms with van der Waals surface area (Å²) in [6.07, 6.45) is 3.68. The Hall–Kier alpha value is -3.67. The summed E-state index contributed by atoms with van der Waals surface area (Å²) in [7, 11) is -3.76. The van der Waals surface area contributed by atoms with Crippen LogP contribution in [0.5, 0.6) is 0 Å². The van der Waals surface area contributed by atoms with Crippen molar-refractivity contribution < 1.29 is 20.1 Å². The minimum Gasteiger partial charge on any atom is -0.305 e. The van der Waals surface area contributed by atoms with Crippen molar-refractivity contribution in [3.05, 3.63) is 140 Å². The summed E-state index contributed by atoms with van der Waals surface area (Å²) in [4.78, 5) is 8.91. The number of fused-ring (bicyclic) bond motifs is 4. The average molecular weight is 777 g/mol. The van der Waals surface area contributed by atoms with Crippen LogP contribution in [-0.4, -0.2) is 32.8 Å². The maximum Gasteiger partial charge on any atom is 0.190 e. The summed E-state index contributed by atoms with van der Waals surface area (Å²) in [6, 6.07) is 47.8. The third-order valence-corrected chi connectivity index (χ3v) is 16.2. The summed E-state index contributed by atoms with van der Waals surface area (Å²) in [6.45, 7) is 10.4. The van der Waals surface area contributed by atoms with Crippen LogP contribution in [0, 0.1) is 12.1 Å². The molecule has 217 valence electrons. The summed E-state index contributed by atoms with van der Waals surface area (Å²) in [5.74, 6) is 0. The molecule has 6 heteroatoms. The molecule has 0 unspecified atom stereocenters. The summed E-state index contributed by atoms with van der Waals surface area (Å²) < 4.78 is 0. The van der Waals surface area contributed by atoms with Crippen molar-refractivity contribution in [2.24, 2.45) is 0 Å². The van der Waals surface area contributed by atoms with E-state index < -0.39 is 16.1 Å². The van der Waals surface area contributed by atoms with Crippen molar-refractivity contribution >= 4 is 60.0 Å². The van der Waals surface area contributed by atoms with Gasteiger partial charge in [-0.15, -0.1) is 69.4 Å². The zero-order valence-electron chi connectivity index (χ0n) is 25.4. The molecule has 2 aliphatic heterocycles. The zero-order valence-corrected chi connectivity index (χ0v) is 29.8. The maximum atomic E-state index is 4.69. The largest absolute Gasteiger partial charge is 0.305 e. The Labute approximate surface area is 277 Å². The smallest absolute Gasteiger partial charge is 0.190 e. The second-order valence-corrected chi connectivity index (χ2v) is 21.1. The van der Waals surface area contributed by atoms with E-state index in [9.17, 15) is 0 Å². The van der Waals surface area contributed by atoms with Gasteiger partial charge in [-0.3, -0.25) is 0 Å². The summed E-state index contributed by atoms with van der Waals surface area (Å²) in [5, 5.41) is 6.21. The third kappa shape index (κ3) is 5.10. The molecule has 6 aromatic rings. The SMILES string of the molecule is C[Si]1(C)c2[c-]c(-c3ccccn3)cc3c2B(c2ccccc21)c1ccccc1[Si]3(C)C.[Ir].[c-]1ccccc1-c1ccccn1. The number of aromatic nitrogens is 2. The molecular formula is C38H33BIrN2Si2-2. The Morgan fingerprint density at radius 3 is 1.68 bits per heavy atom. The fraction of sp³-hybridized carbons (Fsp3) is 0.105. The molecule has 0 saturated carbocycles. The third-order valence-electron chi connectivity index (χ3n) is 9.18. The molecule has 0 bridgehead atoms. The fourth-order valence-corrected chi connectivity index (χ4v) is 13.5. The average Bonchev–Trinajstić information content (AvgIpc) is 3.06. The van der Waals surface area contributed by atoms with E-state index in [0.717, 1.165) is 22.5 Å². The van der Waals surface area contributed by atoms with Gasteiger partial charge >= 0.3 is 0 Å². The van der Waals surface area contributed by atoms with Crippen LogP contribution in [0.2, 0.25) is 26.2 Å². The van der Waals surface area contributed by atoms with Crippen molar-refractivity contribution in [2.45, 2.75) is 26.2 Å². The molecular weight excluding hydrogens is 744 g/mol. The first-order chi connectivity index (χ1) is 20.9. The van der Waals surface area contributed by atoms with Crippen molar-refractivity contribution in [3.8, 4) is 22.5 Å². The van der Waals surface area contributed by atoms with Gasteiger partial charge in [-0.05, 0) is 23.5 Å². The van der Waals surface area contributed by atoms with E-state index in [1.165, 1.54) is 16.1 Å². The van der Waals surface area contributed by atoms with Gasteiger partial charge in [0.05, 0.1) is 16.1 Å². The van der Waals surface area contributed by atoms with Gasteiger partial charge in [0, 0.05) is 32.5 Å². The molecule has 1 radical (unpaired) electrons. The van der Waals surface area contributed by atoms with Gasteiger partial charge in [0.15, 0.2) is 6.71 Å². The van der Waals surface area contributed by atoms with Gasteiger partial charge < -0.3 is 9.97 Å². The van der Waals surface area contributed by atoms with Crippen LogP contribution >= 0.6 is 0 Å². The Morgan fingerprint density at radius 1 is 0.568 bits per heavy atom. The number of rotatable bonds is 2. The van der Waals surface area contributed by atoms with Gasteiger partial charge in [-0.2, -0.15) is 0 Å². The van der Waals surface area contributed by atoms with Crippen molar-refractivity contribution in [3.63, 3.8) is 0 Å². The Bertz CT molecular complexity index is 1810. The normalized spacial score (nSPS) is 14.5. The molecule has 4 aromatic carbocycles. The van der Waals surface area contributed by atoms with Crippen LogP contribution in [0.3, 0.4) is 0 Å². The Balaban J connectivity index is 0.000000222. The topological polar surface area (TPSA) is 25.8 Å². The molecule has 0 atom stereocenters. The molecule has 2 nitrogen and oxygen atoms in total. The zero-order chi connectivity index (χ0) is 29.6. The van der Waals surface area contributed by atoms with Crippen molar-refractivity contribution in [2.75, 3.05) is 0 Å². The predicted octanol–water partition coefficient (Wildman–Crippen LogP) is 3.88. The van der Waals surface area contributed by atoms with Gasteiger partial charge in [-0.25, -0.2) is 0 Å². The Kier molecular flexibility index (Phi) is 8.29. The molecule has 0 amide bonds. The van der Waals surface area contributed by atoms with Crippen molar-refractivity contribution in [1.82, 2.24) is 9.97 Å². The minimum absolute atomic E-state index is 0. The first kappa shape index (κ1) is 30.4. The molecule has 0 saturated heterocycles. The number of hydrogen-bond donors (Lipinski definition) is 0. The maximum absolute atomic E-state index is 4.69. The number of benzene rings is 4. The molecule has 0 fully saturated rings. The first-order valence-electron chi connectivity index (χ1n) is 15.0. The molecule has 8 rings (SSSR count). The standard InChI is InChI=1S/C27H25BNSi2.C11H8N.Ir/c1-30(2)23-14-7-5-11-20(23)28-21-12-6-8-15-24(21)31(3,4)26-18-19(17-25(30)27(26)28)22-13-9-10-16-29-22;1-2-6-10(7-3-1)11-8-4-5-9-12-11;/h5-17H,1-4H3;1-6,8-9H;/q2*-1;. The molecule has 2 aromatic heterocycles. The fourth-order valence-electron chi connectivity index (χ4n) is 7.03. The van der Waals surface area contributed by atoms with E-state index in [-0.39, 0.29) is 20.1 Å². The van der Waals surface area contributed by atoms with Gasteiger partial charge in [0.1, 0.15) is 0 Å². The van der Waals surface area contributed by atoms with Crippen LogP contribution in [0.15, 0.2) is 128 Å². The molecule has 0 aliphatic carbocycles. The van der Waals surface area contributed by atoms with Crippen LogP contribution in [0.1, 0.15) is 0 Å². The molecule has 4 heterocycles. The van der Waals surface area contributed by atoms with E-state index >= 15 is 0 Å². The summed E-state index contributed by atoms with van der Waals surface area (Å²) in [5.41, 5.74) is 8.81. The molecule has 0 spiro atoms. The van der Waals surface area contributed by atoms with Crippen LogP contribution < -0.4 is 37.1 Å². The monoisotopic (exact) mass is 777 g/mol. The quantitative estimate of drug-likeness (QED) is 0.197. The summed E-state index contributed by atoms with van der Waals surface area (Å²) >= 11 is 0. The molecule has 44 heavy (non-hydrogen) atoms. The van der Waals surface area contributed by atoms with Crippen molar-refractivity contribution in [1.29, 1.82) is 0 Å². The number of pyridine rings is 2. The van der Waals surface area contributed by atoms with E-state index in [1.54, 1.807) is 27.2 Å². The van der Waals surface area contributed by atoms with Crippen LogP contribution in [0.4, 0.5) is 0 Å². The minimum atomic E-state index is -1.90. The van der Waals surface area contributed by atoms with E-state index in [0.29, 0.717) is 6.71 Å². The van der Waals surface area contributed by atoms with Crippen LogP contribution in [0.25, 0.3) is 22.5 Å². The second kappa shape index (κ2) is 12.0.